The topological polar surface area (TPSA) is 42.1 Å². The van der Waals surface area contributed by atoms with Crippen LogP contribution >= 0.6 is 0 Å². The van der Waals surface area contributed by atoms with Crippen molar-refractivity contribution in [2.75, 3.05) is 11.9 Å². The third kappa shape index (κ3) is 3.95. The third-order valence-electron chi connectivity index (χ3n) is 4.73. The number of hydrogen-bond acceptors (Lipinski definition) is 3. The molecule has 1 aliphatic rings. The smallest absolute Gasteiger partial charge is 0.128 e. The highest BCUT2D eigenvalue weighted by Gasteiger charge is 2.22. The van der Waals surface area contributed by atoms with Gasteiger partial charge in [0.2, 0.25) is 0 Å². The van der Waals surface area contributed by atoms with E-state index in [9.17, 15) is 0 Å². The Morgan fingerprint density at radius 1 is 1.30 bits per heavy atom. The molecule has 0 aliphatic heterocycles. The first kappa shape index (κ1) is 15.3. The predicted molar refractivity (Wildman–Crippen MR) is 86.0 cm³/mol. The van der Waals surface area contributed by atoms with Gasteiger partial charge in [-0.05, 0) is 56.1 Å². The SMILES string of the molecule is CCC(N)Cc1ccc(N(C)C2CCC(C)CC2)nc1. The van der Waals surface area contributed by atoms with Crippen molar-refractivity contribution < 1.29 is 0 Å². The summed E-state index contributed by atoms with van der Waals surface area (Å²) < 4.78 is 0. The van der Waals surface area contributed by atoms with Crippen molar-refractivity contribution >= 4 is 5.82 Å². The molecule has 1 aliphatic carbocycles. The number of nitrogens with zero attached hydrogens (tertiary/aromatic N) is 2. The van der Waals surface area contributed by atoms with Crippen molar-refractivity contribution in [2.24, 2.45) is 11.7 Å². The van der Waals surface area contributed by atoms with Crippen molar-refractivity contribution in [3.8, 4) is 0 Å². The van der Waals surface area contributed by atoms with E-state index in [4.69, 9.17) is 5.73 Å². The van der Waals surface area contributed by atoms with E-state index in [0.29, 0.717) is 6.04 Å². The maximum absolute atomic E-state index is 5.99. The van der Waals surface area contributed by atoms with Gasteiger partial charge in [-0.15, -0.1) is 0 Å². The molecule has 20 heavy (non-hydrogen) atoms. The molecule has 3 nitrogen and oxygen atoms in total. The Morgan fingerprint density at radius 2 is 2.00 bits per heavy atom. The molecule has 1 aromatic heterocycles. The third-order valence-corrected chi connectivity index (χ3v) is 4.73. The van der Waals surface area contributed by atoms with Gasteiger partial charge in [-0.25, -0.2) is 4.98 Å². The van der Waals surface area contributed by atoms with Crippen LogP contribution < -0.4 is 10.6 Å². The number of anilines is 1. The molecule has 0 amide bonds. The Kier molecular flexibility index (Phi) is 5.41. The van der Waals surface area contributed by atoms with Crippen LogP contribution in [-0.2, 0) is 6.42 Å². The second-order valence-electron chi connectivity index (χ2n) is 6.42. The maximum Gasteiger partial charge on any atom is 0.128 e. The Hall–Kier alpha value is -1.09. The van der Waals surface area contributed by atoms with Gasteiger partial charge in [0, 0.05) is 25.3 Å². The zero-order valence-electron chi connectivity index (χ0n) is 13.2. The summed E-state index contributed by atoms with van der Waals surface area (Å²) in [7, 11) is 2.18. The van der Waals surface area contributed by atoms with Crippen LogP contribution in [0.3, 0.4) is 0 Å². The molecule has 0 bridgehead atoms. The summed E-state index contributed by atoms with van der Waals surface area (Å²) in [5.74, 6) is 1.99. The van der Waals surface area contributed by atoms with Crippen molar-refractivity contribution in [3.63, 3.8) is 0 Å². The molecule has 1 atom stereocenters. The highest BCUT2D eigenvalue weighted by molar-refractivity contribution is 5.39. The largest absolute Gasteiger partial charge is 0.357 e. The molecule has 1 aromatic rings. The normalized spacial score (nSPS) is 24.4. The van der Waals surface area contributed by atoms with Gasteiger partial charge in [0.25, 0.3) is 0 Å². The molecule has 0 radical (unpaired) electrons. The lowest BCUT2D eigenvalue weighted by molar-refractivity contribution is 0.340. The second-order valence-corrected chi connectivity index (χ2v) is 6.42. The first-order chi connectivity index (χ1) is 9.60. The zero-order chi connectivity index (χ0) is 14.5. The van der Waals surface area contributed by atoms with Crippen LogP contribution in [0.4, 0.5) is 5.82 Å². The first-order valence-electron chi connectivity index (χ1n) is 8.03. The lowest BCUT2D eigenvalue weighted by Crippen LogP contribution is -2.35. The summed E-state index contributed by atoms with van der Waals surface area (Å²) in [5, 5.41) is 0. The number of pyridine rings is 1. The van der Waals surface area contributed by atoms with Gasteiger partial charge in [-0.2, -0.15) is 0 Å². The monoisotopic (exact) mass is 275 g/mol. The van der Waals surface area contributed by atoms with Crippen molar-refractivity contribution in [2.45, 2.75) is 64.5 Å². The number of nitrogens with two attached hydrogens (primary N) is 1. The van der Waals surface area contributed by atoms with Crippen LogP contribution in [0, 0.1) is 5.92 Å². The predicted octanol–water partition coefficient (Wildman–Crippen LogP) is 3.38. The van der Waals surface area contributed by atoms with Gasteiger partial charge in [-0.3, -0.25) is 0 Å². The van der Waals surface area contributed by atoms with Crippen molar-refractivity contribution in [1.82, 2.24) is 4.98 Å². The highest BCUT2D eigenvalue weighted by Crippen LogP contribution is 2.28. The molecular formula is C17H29N3. The summed E-state index contributed by atoms with van der Waals surface area (Å²) in [6.45, 7) is 4.49. The van der Waals surface area contributed by atoms with Gasteiger partial charge in [-0.1, -0.05) is 19.9 Å². The van der Waals surface area contributed by atoms with Gasteiger partial charge < -0.3 is 10.6 Å². The van der Waals surface area contributed by atoms with E-state index in [1.54, 1.807) is 0 Å². The van der Waals surface area contributed by atoms with Crippen LogP contribution in [-0.4, -0.2) is 24.1 Å². The fraction of sp³-hybridized carbons (Fsp3) is 0.706. The summed E-state index contributed by atoms with van der Waals surface area (Å²) in [6, 6.07) is 5.23. The van der Waals surface area contributed by atoms with Gasteiger partial charge in [0.05, 0.1) is 0 Å². The van der Waals surface area contributed by atoms with Gasteiger partial charge in [0.15, 0.2) is 0 Å². The Labute approximate surface area is 123 Å². The van der Waals surface area contributed by atoms with E-state index in [-0.39, 0.29) is 6.04 Å². The summed E-state index contributed by atoms with van der Waals surface area (Å²) in [6.07, 6.45) is 9.21. The van der Waals surface area contributed by atoms with Crippen molar-refractivity contribution in [3.05, 3.63) is 23.9 Å². The summed E-state index contributed by atoms with van der Waals surface area (Å²) in [5.41, 5.74) is 7.24. The maximum atomic E-state index is 5.99. The Balaban J connectivity index is 1.95. The van der Waals surface area contributed by atoms with E-state index in [1.165, 1.54) is 31.2 Å². The molecule has 1 heterocycles. The molecule has 3 heteroatoms. The Bertz CT molecular complexity index is 393. The van der Waals surface area contributed by atoms with Crippen LogP contribution in [0.1, 0.15) is 51.5 Å². The highest BCUT2D eigenvalue weighted by atomic mass is 15.2. The molecule has 1 fully saturated rings. The molecular weight excluding hydrogens is 246 g/mol. The van der Waals surface area contributed by atoms with Crippen molar-refractivity contribution in [1.29, 1.82) is 0 Å². The molecule has 2 rings (SSSR count). The van der Waals surface area contributed by atoms with Crippen LogP contribution in [0.2, 0.25) is 0 Å². The average molecular weight is 275 g/mol. The van der Waals surface area contributed by atoms with Crippen LogP contribution in [0.5, 0.6) is 0 Å². The van der Waals surface area contributed by atoms with E-state index in [1.807, 2.05) is 6.20 Å². The van der Waals surface area contributed by atoms with E-state index < -0.39 is 0 Å². The minimum Gasteiger partial charge on any atom is -0.357 e. The van der Waals surface area contributed by atoms with Crippen LogP contribution in [0.25, 0.3) is 0 Å². The van der Waals surface area contributed by atoms with Gasteiger partial charge in [0.1, 0.15) is 5.82 Å². The minimum absolute atomic E-state index is 0.250. The molecule has 0 spiro atoms. The molecule has 112 valence electrons. The lowest BCUT2D eigenvalue weighted by Gasteiger charge is -2.34. The molecule has 2 N–H and O–H groups in total. The minimum atomic E-state index is 0.250. The fourth-order valence-corrected chi connectivity index (χ4v) is 3.01. The van der Waals surface area contributed by atoms with E-state index >= 15 is 0 Å². The van der Waals surface area contributed by atoms with Gasteiger partial charge >= 0.3 is 0 Å². The number of hydrogen-bond donors (Lipinski definition) is 1. The molecule has 1 unspecified atom stereocenters. The average Bonchev–Trinajstić information content (AvgIpc) is 2.48. The summed E-state index contributed by atoms with van der Waals surface area (Å²) >= 11 is 0. The van der Waals surface area contributed by atoms with E-state index in [2.05, 4.69) is 42.9 Å². The van der Waals surface area contributed by atoms with Crippen LogP contribution in [0.15, 0.2) is 18.3 Å². The number of rotatable bonds is 5. The zero-order valence-corrected chi connectivity index (χ0v) is 13.2. The standard InChI is InChI=1S/C17H29N3/c1-4-15(18)11-14-7-10-17(19-12-14)20(3)16-8-5-13(2)6-9-16/h7,10,12-13,15-16H,4-6,8-9,11,18H2,1-3H3. The quantitative estimate of drug-likeness (QED) is 0.896. The second kappa shape index (κ2) is 7.07. The Morgan fingerprint density at radius 3 is 2.55 bits per heavy atom. The molecule has 1 saturated carbocycles. The molecule has 0 aromatic carbocycles. The first-order valence-corrected chi connectivity index (χ1v) is 8.03. The molecule has 0 saturated heterocycles. The van der Waals surface area contributed by atoms with E-state index in [0.717, 1.165) is 24.6 Å². The fourth-order valence-electron chi connectivity index (χ4n) is 3.01. The number of aromatic nitrogens is 1. The summed E-state index contributed by atoms with van der Waals surface area (Å²) in [4.78, 5) is 6.99. The lowest BCUT2D eigenvalue weighted by atomic mass is 9.87.